The number of ether oxygens (including phenoxy) is 1. The van der Waals surface area contributed by atoms with Crippen molar-refractivity contribution in [1.82, 2.24) is 14.8 Å². The molecular weight excluding hydrogens is 524 g/mol. The fourth-order valence-electron chi connectivity index (χ4n) is 5.07. The average Bonchev–Trinajstić information content (AvgIpc) is 3.84. The number of pyridine rings is 1. The summed E-state index contributed by atoms with van der Waals surface area (Å²) in [5.41, 5.74) is 1.66. The van der Waals surface area contributed by atoms with Crippen molar-refractivity contribution in [2.45, 2.75) is 51.6 Å². The molecule has 1 aliphatic carbocycles. The normalized spacial score (nSPS) is 16.9. The number of aryl methyl sites for hydroxylation is 1. The first-order chi connectivity index (χ1) is 19.9. The zero-order valence-electron chi connectivity index (χ0n) is 23.8. The van der Waals surface area contributed by atoms with Gasteiger partial charge in [0.25, 0.3) is 0 Å². The topological polar surface area (TPSA) is 136 Å². The van der Waals surface area contributed by atoms with Crippen molar-refractivity contribution >= 4 is 23.7 Å². The summed E-state index contributed by atoms with van der Waals surface area (Å²) in [6, 6.07) is 10.7. The number of ketones is 1. The van der Waals surface area contributed by atoms with Gasteiger partial charge in [-0.2, -0.15) is 0 Å². The second-order valence-electron chi connectivity index (χ2n) is 10.6. The maximum Gasteiger partial charge on any atom is 0.248 e. The Morgan fingerprint density at radius 1 is 1.17 bits per heavy atom. The molecular formula is C31H39N4O6-. The van der Waals surface area contributed by atoms with Gasteiger partial charge in [0.1, 0.15) is 12.4 Å². The van der Waals surface area contributed by atoms with Crippen LogP contribution in [0.3, 0.4) is 0 Å². The highest BCUT2D eigenvalue weighted by molar-refractivity contribution is 5.96. The van der Waals surface area contributed by atoms with Crippen LogP contribution in [0, 0.1) is 5.92 Å². The molecule has 1 aliphatic heterocycles. The van der Waals surface area contributed by atoms with Gasteiger partial charge in [-0.25, -0.2) is 0 Å². The van der Waals surface area contributed by atoms with Crippen molar-refractivity contribution in [3.63, 3.8) is 0 Å². The van der Waals surface area contributed by atoms with Crippen LogP contribution in [0.2, 0.25) is 0 Å². The molecule has 1 aromatic carbocycles. The lowest BCUT2D eigenvalue weighted by Gasteiger charge is -2.32. The number of amides is 1. The Balaban J connectivity index is 1.68. The predicted octanol–water partition coefficient (Wildman–Crippen LogP) is 1.45. The summed E-state index contributed by atoms with van der Waals surface area (Å²) in [6.07, 6.45) is 4.63. The Morgan fingerprint density at radius 3 is 2.46 bits per heavy atom. The van der Waals surface area contributed by atoms with Gasteiger partial charge in [0.2, 0.25) is 5.91 Å². The summed E-state index contributed by atoms with van der Waals surface area (Å²) in [5.74, 6) is -0.335. The second kappa shape index (κ2) is 14.2. The van der Waals surface area contributed by atoms with Crippen LogP contribution in [-0.2, 0) is 27.3 Å². The van der Waals surface area contributed by atoms with Gasteiger partial charge in [0, 0.05) is 49.6 Å². The zero-order chi connectivity index (χ0) is 29.4. The Kier molecular flexibility index (Phi) is 10.5. The number of rotatable bonds is 13. The van der Waals surface area contributed by atoms with Gasteiger partial charge < -0.3 is 29.7 Å². The van der Waals surface area contributed by atoms with Gasteiger partial charge in [-0.1, -0.05) is 37.3 Å². The van der Waals surface area contributed by atoms with E-state index in [0.29, 0.717) is 73.4 Å². The van der Waals surface area contributed by atoms with E-state index in [1.807, 2.05) is 13.0 Å². The van der Waals surface area contributed by atoms with E-state index in [4.69, 9.17) is 9.84 Å². The smallest absolute Gasteiger partial charge is 0.248 e. The van der Waals surface area contributed by atoms with Crippen molar-refractivity contribution in [1.29, 1.82) is 0 Å². The highest BCUT2D eigenvalue weighted by Gasteiger charge is 2.26. The molecule has 2 fully saturated rings. The zero-order valence-corrected chi connectivity index (χ0v) is 23.8. The molecule has 1 amide bonds. The van der Waals surface area contributed by atoms with Crippen molar-refractivity contribution in [2.75, 3.05) is 39.9 Å². The van der Waals surface area contributed by atoms with E-state index >= 15 is 0 Å². The molecule has 0 atom stereocenters. The number of hydrogen-bond donors (Lipinski definition) is 2. The molecule has 0 bridgehead atoms. The number of aliphatic hydroxyl groups is 1. The highest BCUT2D eigenvalue weighted by atomic mass is 16.5. The number of aromatic nitrogens is 1. The van der Waals surface area contributed by atoms with Gasteiger partial charge in [-0.3, -0.25) is 19.4 Å². The number of nitrogens with zero attached hydrogens (tertiary/aromatic N) is 3. The number of Topliss-reactive ketones (excluding diaryl/α,β-unsaturated/α-hetero) is 1. The number of carbonyl (C=O) groups is 3. The van der Waals surface area contributed by atoms with E-state index in [9.17, 15) is 19.5 Å². The first-order valence-corrected chi connectivity index (χ1v) is 14.3. The Morgan fingerprint density at radius 2 is 1.88 bits per heavy atom. The molecule has 1 saturated carbocycles. The molecule has 0 unspecified atom stereocenters. The lowest BCUT2D eigenvalue weighted by molar-refractivity contribution is -0.280. The van der Waals surface area contributed by atoms with E-state index in [0.717, 1.165) is 12.8 Å². The minimum Gasteiger partial charge on any atom is -0.859 e. The van der Waals surface area contributed by atoms with Crippen molar-refractivity contribution in [3.05, 3.63) is 64.1 Å². The summed E-state index contributed by atoms with van der Waals surface area (Å²) in [7, 11) is 1.59. The molecule has 220 valence electrons. The van der Waals surface area contributed by atoms with E-state index < -0.39 is 12.5 Å². The number of likely N-dealkylation sites (tertiary alicyclic amines) is 1. The average molecular weight is 564 g/mol. The Bertz CT molecular complexity index is 1340. The van der Waals surface area contributed by atoms with Crippen molar-refractivity contribution in [3.8, 4) is 5.88 Å². The summed E-state index contributed by atoms with van der Waals surface area (Å²) in [6.45, 7) is 2.85. The summed E-state index contributed by atoms with van der Waals surface area (Å²) < 4.78 is 7.68. The van der Waals surface area contributed by atoms with Gasteiger partial charge in [0.05, 0.1) is 24.1 Å². The summed E-state index contributed by atoms with van der Waals surface area (Å²) in [5, 5.41) is 27.0. The molecule has 0 radical (unpaired) electrons. The molecule has 10 heteroatoms. The second-order valence-corrected chi connectivity index (χ2v) is 10.6. The summed E-state index contributed by atoms with van der Waals surface area (Å²) >= 11 is 0. The fraction of sp³-hybridized carbons (Fsp3) is 0.484. The van der Waals surface area contributed by atoms with Crippen LogP contribution in [0.1, 0.15) is 54.2 Å². The van der Waals surface area contributed by atoms with Gasteiger partial charge >= 0.3 is 0 Å². The molecule has 2 N–H and O–H groups in total. The number of benzene rings is 1. The number of nitrogens with one attached hydrogen (secondary N) is 1. The lowest BCUT2D eigenvalue weighted by Crippen LogP contribution is -2.46. The lowest BCUT2D eigenvalue weighted by atomic mass is 10.0. The molecule has 10 nitrogen and oxygen atoms in total. The van der Waals surface area contributed by atoms with Crippen molar-refractivity contribution < 1.29 is 29.3 Å². The number of piperidine rings is 1. The van der Waals surface area contributed by atoms with E-state index in [-0.39, 0.29) is 42.1 Å². The Labute approximate surface area is 240 Å². The largest absolute Gasteiger partial charge is 0.859 e. The first-order valence-electron chi connectivity index (χ1n) is 14.3. The number of aliphatic hydroxyl groups excluding tert-OH is 1. The monoisotopic (exact) mass is 563 g/mol. The van der Waals surface area contributed by atoms with Crippen LogP contribution >= 0.6 is 0 Å². The van der Waals surface area contributed by atoms with Crippen LogP contribution in [0.4, 0.5) is 0 Å². The Hall–Kier alpha value is -3.76. The van der Waals surface area contributed by atoms with Gasteiger partial charge in [-0.15, -0.1) is 0 Å². The number of carbonyl (C=O) groups excluding carboxylic acids is 3. The minimum absolute atomic E-state index is 0.0512. The first kappa shape index (κ1) is 30.2. The van der Waals surface area contributed by atoms with E-state index in [2.05, 4.69) is 10.3 Å². The molecule has 2 heterocycles. The van der Waals surface area contributed by atoms with Crippen LogP contribution < -0.4 is 15.8 Å². The van der Waals surface area contributed by atoms with Crippen LogP contribution in [0.25, 0.3) is 5.76 Å². The third-order valence-electron chi connectivity index (χ3n) is 7.75. The number of aldehydes is 1. The van der Waals surface area contributed by atoms with Gasteiger partial charge in [-0.05, 0) is 50.0 Å². The van der Waals surface area contributed by atoms with Crippen LogP contribution in [-0.4, -0.2) is 78.5 Å². The van der Waals surface area contributed by atoms with Gasteiger partial charge in [0.15, 0.2) is 12.1 Å². The molecule has 4 rings (SSSR count). The quantitative estimate of drug-likeness (QED) is 0.163. The maximum atomic E-state index is 14.1. The predicted molar refractivity (Wildman–Crippen MR) is 152 cm³/mol. The van der Waals surface area contributed by atoms with Crippen LogP contribution in [0.5, 0.6) is 5.88 Å². The fourth-order valence-corrected chi connectivity index (χ4v) is 5.07. The van der Waals surface area contributed by atoms with E-state index in [1.165, 1.54) is 4.57 Å². The van der Waals surface area contributed by atoms with Crippen molar-refractivity contribution in [2.24, 2.45) is 10.9 Å². The molecule has 41 heavy (non-hydrogen) atoms. The highest BCUT2D eigenvalue weighted by Crippen LogP contribution is 2.33. The molecule has 0 spiro atoms. The minimum atomic E-state index is -0.506. The number of hydrogen-bond acceptors (Lipinski definition) is 8. The molecule has 2 aromatic rings. The molecule has 1 aromatic heterocycles. The maximum absolute atomic E-state index is 14.1. The molecule has 1 saturated heterocycles. The molecule has 2 aliphatic rings. The third kappa shape index (κ3) is 7.51. The SMILES string of the molecule is CCc1cc(=NC)c(/C(OCC2CC2)=C(\C=O)CNC2CCN(C(=O)CO)CC2)c([O-])n1CC(=O)c1ccccc1. The standard InChI is InChI=1S/C31H40N4O6/c1-3-25-15-26(32-2)29(31(40)35(25)17-27(38)22-7-5-4-6-8-22)30(41-20-21-9-10-21)23(18-36)16-33-24-11-13-34(14-12-24)28(39)19-37/h4-8,15,18,21,24,33,37,40H,3,9-14,16-17,19-20H2,1-2H3/p-1/b30-23+,32-26?. The third-order valence-corrected chi connectivity index (χ3v) is 7.75. The summed E-state index contributed by atoms with van der Waals surface area (Å²) in [4.78, 5) is 43.4. The van der Waals surface area contributed by atoms with Crippen LogP contribution in [0.15, 0.2) is 47.0 Å². The van der Waals surface area contributed by atoms with E-state index in [1.54, 1.807) is 42.3 Å².